The maximum atomic E-state index is 4.71. The SMILES string of the molecule is C=C\C=C/C(=C\C)C(=C/C=C)/N=C(C)c1ccccc1. The van der Waals surface area contributed by atoms with Crippen molar-refractivity contribution in [3.05, 3.63) is 96.8 Å². The molecule has 1 heteroatoms. The first-order valence-corrected chi connectivity index (χ1v) is 6.62. The van der Waals surface area contributed by atoms with Crippen LogP contribution in [0.15, 0.2) is 96.2 Å². The monoisotopic (exact) mass is 263 g/mol. The van der Waals surface area contributed by atoms with Crippen LogP contribution in [0.5, 0.6) is 0 Å². The molecule has 0 bridgehead atoms. The lowest BCUT2D eigenvalue weighted by Gasteiger charge is -2.06. The maximum absolute atomic E-state index is 4.71. The Morgan fingerprint density at radius 1 is 1.10 bits per heavy atom. The predicted molar refractivity (Wildman–Crippen MR) is 90.0 cm³/mol. The maximum Gasteiger partial charge on any atom is 0.0701 e. The van der Waals surface area contributed by atoms with Crippen LogP contribution in [0.4, 0.5) is 0 Å². The summed E-state index contributed by atoms with van der Waals surface area (Å²) in [5, 5.41) is 0. The van der Waals surface area contributed by atoms with Gasteiger partial charge >= 0.3 is 0 Å². The molecule has 1 aromatic rings. The molecule has 0 spiro atoms. The van der Waals surface area contributed by atoms with Gasteiger partial charge in [-0.15, -0.1) is 0 Å². The van der Waals surface area contributed by atoms with Crippen molar-refractivity contribution >= 4 is 5.71 Å². The number of rotatable bonds is 6. The first kappa shape index (κ1) is 15.6. The summed E-state index contributed by atoms with van der Waals surface area (Å²) < 4.78 is 0. The fraction of sp³-hybridized carbons (Fsp3) is 0.105. The van der Waals surface area contributed by atoms with E-state index in [0.29, 0.717) is 0 Å². The molecule has 0 aromatic heterocycles. The summed E-state index contributed by atoms with van der Waals surface area (Å²) in [7, 11) is 0. The highest BCUT2D eigenvalue weighted by Crippen LogP contribution is 2.16. The minimum Gasteiger partial charge on any atom is -0.253 e. The molecule has 1 rings (SSSR count). The van der Waals surface area contributed by atoms with Crippen molar-refractivity contribution < 1.29 is 0 Å². The Balaban J connectivity index is 3.16. The van der Waals surface area contributed by atoms with E-state index in [1.54, 1.807) is 12.2 Å². The zero-order chi connectivity index (χ0) is 14.8. The van der Waals surface area contributed by atoms with Gasteiger partial charge in [0.05, 0.1) is 5.70 Å². The Kier molecular flexibility index (Phi) is 6.77. The zero-order valence-electron chi connectivity index (χ0n) is 12.2. The third-order valence-corrected chi connectivity index (χ3v) is 2.77. The van der Waals surface area contributed by atoms with Crippen molar-refractivity contribution in [3.63, 3.8) is 0 Å². The highest BCUT2D eigenvalue weighted by atomic mass is 14.8. The Morgan fingerprint density at radius 2 is 1.80 bits per heavy atom. The summed E-state index contributed by atoms with van der Waals surface area (Å²) in [6.45, 7) is 11.5. The van der Waals surface area contributed by atoms with Crippen LogP contribution in [0.2, 0.25) is 0 Å². The Morgan fingerprint density at radius 3 is 2.35 bits per heavy atom. The van der Waals surface area contributed by atoms with E-state index in [9.17, 15) is 0 Å². The highest BCUT2D eigenvalue weighted by Gasteiger charge is 2.01. The first-order valence-electron chi connectivity index (χ1n) is 6.62. The second-order valence-electron chi connectivity index (χ2n) is 4.19. The Labute approximate surface area is 122 Å². The lowest BCUT2D eigenvalue weighted by Crippen LogP contribution is -1.96. The molecule has 0 radical (unpaired) electrons. The first-order chi connectivity index (χ1) is 9.72. The fourth-order valence-electron chi connectivity index (χ4n) is 1.74. The van der Waals surface area contributed by atoms with Crippen LogP contribution in [0, 0.1) is 0 Å². The van der Waals surface area contributed by atoms with Gasteiger partial charge in [0.2, 0.25) is 0 Å². The summed E-state index contributed by atoms with van der Waals surface area (Å²) >= 11 is 0. The van der Waals surface area contributed by atoms with E-state index in [-0.39, 0.29) is 0 Å². The molecule has 102 valence electrons. The number of benzene rings is 1. The molecule has 0 heterocycles. The van der Waals surface area contributed by atoms with Crippen LogP contribution in [-0.2, 0) is 0 Å². The molecule has 0 aliphatic rings. The lowest BCUT2D eigenvalue weighted by atomic mass is 10.1. The van der Waals surface area contributed by atoms with Crippen LogP contribution >= 0.6 is 0 Å². The minimum absolute atomic E-state index is 0.891. The fourth-order valence-corrected chi connectivity index (χ4v) is 1.74. The van der Waals surface area contributed by atoms with Gasteiger partial charge in [0.25, 0.3) is 0 Å². The number of hydrogen-bond donors (Lipinski definition) is 0. The summed E-state index contributed by atoms with van der Waals surface area (Å²) in [4.78, 5) is 4.71. The van der Waals surface area contributed by atoms with E-state index in [4.69, 9.17) is 4.99 Å². The second kappa shape index (κ2) is 8.65. The average molecular weight is 263 g/mol. The molecule has 1 nitrogen and oxygen atoms in total. The van der Waals surface area contributed by atoms with Crippen molar-refractivity contribution in [3.8, 4) is 0 Å². The van der Waals surface area contributed by atoms with Crippen molar-refractivity contribution in [2.45, 2.75) is 13.8 Å². The smallest absolute Gasteiger partial charge is 0.0701 e. The van der Waals surface area contributed by atoms with Crippen LogP contribution in [-0.4, -0.2) is 5.71 Å². The van der Waals surface area contributed by atoms with Gasteiger partial charge in [-0.05, 0) is 31.1 Å². The number of aliphatic imine (C=N–C) groups is 1. The van der Waals surface area contributed by atoms with E-state index in [1.807, 2.05) is 56.4 Å². The van der Waals surface area contributed by atoms with Gasteiger partial charge in [-0.1, -0.05) is 73.9 Å². The standard InChI is InChI=1S/C19H21N/c1-5-8-13-17(7-3)19(12-6-2)20-16(4)18-14-10-9-11-15-18/h5-15H,1-2H2,3-4H3/b13-8-,17-7+,19-12-,20-16?. The molecule has 0 N–H and O–H groups in total. The molecule has 1 aromatic carbocycles. The van der Waals surface area contributed by atoms with Crippen molar-refractivity contribution in [2.75, 3.05) is 0 Å². The summed E-state index contributed by atoms with van der Waals surface area (Å²) in [5.74, 6) is 0. The van der Waals surface area contributed by atoms with E-state index in [0.717, 1.165) is 22.5 Å². The average Bonchev–Trinajstić information content (AvgIpc) is 2.49. The molecule has 0 saturated heterocycles. The summed E-state index contributed by atoms with van der Waals surface area (Å²) in [6, 6.07) is 10.1. The molecule has 0 aliphatic carbocycles. The van der Waals surface area contributed by atoms with E-state index < -0.39 is 0 Å². The minimum atomic E-state index is 0.891. The topological polar surface area (TPSA) is 12.4 Å². The molecule has 0 atom stereocenters. The molecule has 0 aliphatic heterocycles. The Bertz CT molecular complexity index is 569. The summed E-state index contributed by atoms with van der Waals surface area (Å²) in [5.41, 5.74) is 4.03. The number of allylic oxidation sites excluding steroid dienone is 6. The van der Waals surface area contributed by atoms with E-state index in [2.05, 4.69) is 25.3 Å². The number of nitrogens with zero attached hydrogens (tertiary/aromatic N) is 1. The van der Waals surface area contributed by atoms with Crippen molar-refractivity contribution in [1.82, 2.24) is 0 Å². The lowest BCUT2D eigenvalue weighted by molar-refractivity contribution is 1.31. The van der Waals surface area contributed by atoms with Crippen molar-refractivity contribution in [2.24, 2.45) is 4.99 Å². The van der Waals surface area contributed by atoms with Crippen LogP contribution < -0.4 is 0 Å². The van der Waals surface area contributed by atoms with Gasteiger partial charge in [0, 0.05) is 5.71 Å². The van der Waals surface area contributed by atoms with Crippen LogP contribution in [0.1, 0.15) is 19.4 Å². The molecule has 0 amide bonds. The summed E-state index contributed by atoms with van der Waals surface area (Å²) in [6.07, 6.45) is 11.3. The van der Waals surface area contributed by atoms with Gasteiger partial charge in [-0.3, -0.25) is 4.99 Å². The Hall–Kier alpha value is -2.41. The predicted octanol–water partition coefficient (Wildman–Crippen LogP) is 5.25. The van der Waals surface area contributed by atoms with E-state index >= 15 is 0 Å². The number of hydrogen-bond acceptors (Lipinski definition) is 1. The van der Waals surface area contributed by atoms with E-state index in [1.165, 1.54) is 0 Å². The third kappa shape index (κ3) is 4.69. The highest BCUT2D eigenvalue weighted by molar-refractivity contribution is 5.99. The van der Waals surface area contributed by atoms with Gasteiger partial charge in [-0.25, -0.2) is 0 Å². The molecule has 0 saturated carbocycles. The third-order valence-electron chi connectivity index (χ3n) is 2.77. The van der Waals surface area contributed by atoms with Crippen LogP contribution in [0.25, 0.3) is 0 Å². The zero-order valence-corrected chi connectivity index (χ0v) is 12.2. The van der Waals surface area contributed by atoms with Crippen molar-refractivity contribution in [1.29, 1.82) is 0 Å². The molecular formula is C19H21N. The molecule has 0 unspecified atom stereocenters. The molecule has 20 heavy (non-hydrogen) atoms. The van der Waals surface area contributed by atoms with Gasteiger partial charge in [0.1, 0.15) is 0 Å². The quantitative estimate of drug-likeness (QED) is 0.490. The molecule has 0 fully saturated rings. The largest absolute Gasteiger partial charge is 0.253 e. The van der Waals surface area contributed by atoms with Crippen LogP contribution in [0.3, 0.4) is 0 Å². The van der Waals surface area contributed by atoms with Gasteiger partial charge < -0.3 is 0 Å². The normalized spacial score (nSPS) is 13.6. The van der Waals surface area contributed by atoms with Gasteiger partial charge in [0.15, 0.2) is 0 Å². The van der Waals surface area contributed by atoms with Gasteiger partial charge in [-0.2, -0.15) is 0 Å². The molecular weight excluding hydrogens is 242 g/mol. The second-order valence-corrected chi connectivity index (χ2v) is 4.19.